The maximum absolute atomic E-state index is 11.6. The van der Waals surface area contributed by atoms with E-state index in [1.807, 2.05) is 0 Å². The third kappa shape index (κ3) is 5.05. The van der Waals surface area contributed by atoms with Gasteiger partial charge in [-0.25, -0.2) is 9.59 Å². The van der Waals surface area contributed by atoms with E-state index in [1.165, 1.54) is 31.1 Å². The molecular formula is C16H19NO5. The van der Waals surface area contributed by atoms with Gasteiger partial charge in [-0.1, -0.05) is 12.1 Å². The summed E-state index contributed by atoms with van der Waals surface area (Å²) >= 11 is 0. The van der Waals surface area contributed by atoms with Gasteiger partial charge in [0.2, 0.25) is 0 Å². The number of esters is 2. The molecule has 118 valence electrons. The Labute approximate surface area is 129 Å². The predicted molar refractivity (Wildman–Crippen MR) is 81.1 cm³/mol. The number of ether oxygens (including phenoxy) is 2. The summed E-state index contributed by atoms with van der Waals surface area (Å²) in [5, 5.41) is 0. The first-order valence-corrected chi connectivity index (χ1v) is 6.63. The van der Waals surface area contributed by atoms with Crippen molar-refractivity contribution >= 4 is 23.9 Å². The molecule has 1 rings (SSSR count). The quantitative estimate of drug-likeness (QED) is 0.609. The van der Waals surface area contributed by atoms with Crippen molar-refractivity contribution in [1.82, 2.24) is 4.90 Å². The van der Waals surface area contributed by atoms with Crippen molar-refractivity contribution in [3.05, 3.63) is 41.5 Å². The molecule has 1 amide bonds. The number of hydrogen-bond donors (Lipinski definition) is 0. The van der Waals surface area contributed by atoms with Crippen LogP contribution in [0.25, 0.3) is 6.08 Å². The molecule has 22 heavy (non-hydrogen) atoms. The number of amides is 1. The molecular weight excluding hydrogens is 286 g/mol. The molecule has 0 spiro atoms. The van der Waals surface area contributed by atoms with E-state index in [-0.39, 0.29) is 5.91 Å². The first-order chi connectivity index (χ1) is 10.3. The van der Waals surface area contributed by atoms with Gasteiger partial charge in [0.1, 0.15) is 0 Å². The molecule has 0 fully saturated rings. The van der Waals surface area contributed by atoms with Crippen molar-refractivity contribution in [1.29, 1.82) is 0 Å². The Balaban J connectivity index is 2.62. The van der Waals surface area contributed by atoms with E-state index in [2.05, 4.69) is 4.74 Å². The van der Waals surface area contributed by atoms with Gasteiger partial charge in [-0.05, 0) is 30.7 Å². The van der Waals surface area contributed by atoms with Crippen molar-refractivity contribution in [3.8, 4) is 0 Å². The molecule has 1 aromatic rings. The fourth-order valence-electron chi connectivity index (χ4n) is 1.64. The molecule has 6 heteroatoms. The molecule has 0 saturated heterocycles. The molecule has 0 aromatic heterocycles. The van der Waals surface area contributed by atoms with Gasteiger partial charge in [0, 0.05) is 20.2 Å². The van der Waals surface area contributed by atoms with Crippen LogP contribution in [0.4, 0.5) is 0 Å². The SMILES string of the molecule is COC(=O)c1ccc(/C=C/C(=O)O[C@H](C)C(=O)N(C)C)cc1. The fourth-order valence-corrected chi connectivity index (χ4v) is 1.64. The Morgan fingerprint density at radius 1 is 1.14 bits per heavy atom. The molecule has 6 nitrogen and oxygen atoms in total. The number of carbonyl (C=O) groups excluding carboxylic acids is 3. The molecule has 1 aromatic carbocycles. The molecule has 0 aliphatic carbocycles. The van der Waals surface area contributed by atoms with Crippen molar-refractivity contribution in [2.45, 2.75) is 13.0 Å². The van der Waals surface area contributed by atoms with E-state index in [0.717, 1.165) is 5.56 Å². The highest BCUT2D eigenvalue weighted by Crippen LogP contribution is 2.08. The van der Waals surface area contributed by atoms with Crippen LogP contribution in [0.15, 0.2) is 30.3 Å². The normalized spacial score (nSPS) is 11.8. The molecule has 0 unspecified atom stereocenters. The van der Waals surface area contributed by atoms with Crippen LogP contribution in [0.3, 0.4) is 0 Å². The number of nitrogens with zero attached hydrogens (tertiary/aromatic N) is 1. The molecule has 0 N–H and O–H groups in total. The topological polar surface area (TPSA) is 72.9 Å². The van der Waals surface area contributed by atoms with Gasteiger partial charge in [-0.15, -0.1) is 0 Å². The van der Waals surface area contributed by atoms with Gasteiger partial charge in [0.05, 0.1) is 12.7 Å². The molecule has 0 saturated carbocycles. The highest BCUT2D eigenvalue weighted by Gasteiger charge is 2.17. The highest BCUT2D eigenvalue weighted by molar-refractivity contribution is 5.91. The largest absolute Gasteiger partial charge is 0.465 e. The van der Waals surface area contributed by atoms with Crippen LogP contribution < -0.4 is 0 Å². The molecule has 0 radical (unpaired) electrons. The first kappa shape index (κ1) is 17.4. The van der Waals surface area contributed by atoms with E-state index in [1.54, 1.807) is 38.4 Å². The Morgan fingerprint density at radius 2 is 1.73 bits per heavy atom. The van der Waals surface area contributed by atoms with Crippen LogP contribution in [-0.4, -0.2) is 50.1 Å². The monoisotopic (exact) mass is 305 g/mol. The van der Waals surface area contributed by atoms with E-state index >= 15 is 0 Å². The van der Waals surface area contributed by atoms with E-state index in [4.69, 9.17) is 4.74 Å². The first-order valence-electron chi connectivity index (χ1n) is 6.63. The van der Waals surface area contributed by atoms with Crippen molar-refractivity contribution in [2.75, 3.05) is 21.2 Å². The zero-order valence-electron chi connectivity index (χ0n) is 13.0. The van der Waals surface area contributed by atoms with Crippen LogP contribution in [-0.2, 0) is 19.1 Å². The van der Waals surface area contributed by atoms with Gasteiger partial charge in [0.15, 0.2) is 6.10 Å². The third-order valence-electron chi connectivity index (χ3n) is 2.83. The van der Waals surface area contributed by atoms with Gasteiger partial charge >= 0.3 is 11.9 Å². The zero-order valence-corrected chi connectivity index (χ0v) is 13.0. The predicted octanol–water partition coefficient (Wildman–Crippen LogP) is 1.51. The van der Waals surface area contributed by atoms with Gasteiger partial charge in [0.25, 0.3) is 5.91 Å². The summed E-state index contributed by atoms with van der Waals surface area (Å²) in [7, 11) is 4.49. The van der Waals surface area contributed by atoms with Crippen LogP contribution in [0, 0.1) is 0 Å². The summed E-state index contributed by atoms with van der Waals surface area (Å²) in [6.45, 7) is 1.51. The summed E-state index contributed by atoms with van der Waals surface area (Å²) in [6.07, 6.45) is 1.93. The molecule has 1 atom stereocenters. The molecule has 0 aliphatic rings. The van der Waals surface area contributed by atoms with Crippen LogP contribution in [0.1, 0.15) is 22.8 Å². The fraction of sp³-hybridized carbons (Fsp3) is 0.312. The summed E-state index contributed by atoms with van der Waals surface area (Å²) < 4.78 is 9.58. The number of likely N-dealkylation sites (N-methyl/N-ethyl adjacent to an activating group) is 1. The summed E-state index contributed by atoms with van der Waals surface area (Å²) in [5.74, 6) is -1.32. The van der Waals surface area contributed by atoms with E-state index in [9.17, 15) is 14.4 Å². The number of methoxy groups -OCH3 is 1. The average Bonchev–Trinajstić information content (AvgIpc) is 2.51. The highest BCUT2D eigenvalue weighted by atomic mass is 16.5. The lowest BCUT2D eigenvalue weighted by Gasteiger charge is -2.16. The lowest BCUT2D eigenvalue weighted by Crippen LogP contribution is -2.34. The molecule has 0 aliphatic heterocycles. The lowest BCUT2D eigenvalue weighted by molar-refractivity contribution is -0.153. The second kappa shape index (κ2) is 7.97. The number of carbonyl (C=O) groups is 3. The van der Waals surface area contributed by atoms with Gasteiger partial charge < -0.3 is 14.4 Å². The van der Waals surface area contributed by atoms with Crippen molar-refractivity contribution in [3.63, 3.8) is 0 Å². The van der Waals surface area contributed by atoms with E-state index < -0.39 is 18.0 Å². The Bertz CT molecular complexity index is 575. The van der Waals surface area contributed by atoms with Crippen molar-refractivity contribution in [2.24, 2.45) is 0 Å². The second-order valence-corrected chi connectivity index (χ2v) is 4.76. The Hall–Kier alpha value is -2.63. The lowest BCUT2D eigenvalue weighted by atomic mass is 10.1. The smallest absolute Gasteiger partial charge is 0.337 e. The summed E-state index contributed by atoms with van der Waals surface area (Å²) in [4.78, 5) is 35.8. The van der Waals surface area contributed by atoms with Crippen LogP contribution in [0.2, 0.25) is 0 Å². The molecule has 0 heterocycles. The van der Waals surface area contributed by atoms with Crippen LogP contribution in [0.5, 0.6) is 0 Å². The number of rotatable bonds is 5. The standard InChI is InChI=1S/C16H19NO5/c1-11(15(19)17(2)3)22-14(18)10-7-12-5-8-13(9-6-12)16(20)21-4/h5-11H,1-4H3/b10-7+/t11-/m1/s1. The Morgan fingerprint density at radius 3 is 2.23 bits per heavy atom. The average molecular weight is 305 g/mol. The zero-order chi connectivity index (χ0) is 16.7. The van der Waals surface area contributed by atoms with Gasteiger partial charge in [-0.3, -0.25) is 4.79 Å². The minimum Gasteiger partial charge on any atom is -0.465 e. The summed E-state index contributed by atoms with van der Waals surface area (Å²) in [5.41, 5.74) is 1.14. The maximum atomic E-state index is 11.6. The number of benzene rings is 1. The van der Waals surface area contributed by atoms with E-state index in [0.29, 0.717) is 5.56 Å². The number of hydrogen-bond acceptors (Lipinski definition) is 5. The minimum atomic E-state index is -0.839. The third-order valence-corrected chi connectivity index (χ3v) is 2.83. The Kier molecular flexibility index (Phi) is 6.31. The minimum absolute atomic E-state index is 0.288. The van der Waals surface area contributed by atoms with Crippen LogP contribution >= 0.6 is 0 Å². The summed E-state index contributed by atoms with van der Waals surface area (Å²) in [6, 6.07) is 6.53. The van der Waals surface area contributed by atoms with Crippen molar-refractivity contribution < 1.29 is 23.9 Å². The molecule has 0 bridgehead atoms. The van der Waals surface area contributed by atoms with Gasteiger partial charge in [-0.2, -0.15) is 0 Å². The maximum Gasteiger partial charge on any atom is 0.337 e. The second-order valence-electron chi connectivity index (χ2n) is 4.76.